The van der Waals surface area contributed by atoms with Crippen molar-refractivity contribution >= 4 is 35.8 Å². The number of furan rings is 1. The van der Waals surface area contributed by atoms with Gasteiger partial charge in [0.25, 0.3) is 5.91 Å². The highest BCUT2D eigenvalue weighted by atomic mass is 127. The predicted molar refractivity (Wildman–Crippen MR) is 112 cm³/mol. The van der Waals surface area contributed by atoms with Gasteiger partial charge in [-0.15, -0.1) is 24.0 Å². The van der Waals surface area contributed by atoms with Crippen LogP contribution < -0.4 is 21.1 Å². The minimum atomic E-state index is -0.593. The van der Waals surface area contributed by atoms with Crippen LogP contribution in [0.3, 0.4) is 0 Å². The number of guanidine groups is 1. The molecule has 8 heteroatoms. The zero-order valence-electron chi connectivity index (χ0n) is 14.5. The first kappa shape index (κ1) is 21.6. The number of rotatable bonds is 8. The Labute approximate surface area is 169 Å². The second kappa shape index (κ2) is 11.2. The quantitative estimate of drug-likeness (QED) is 0.238. The Morgan fingerprint density at radius 2 is 2.00 bits per heavy atom. The Morgan fingerprint density at radius 3 is 2.65 bits per heavy atom. The molecule has 0 saturated carbocycles. The zero-order chi connectivity index (χ0) is 18.1. The molecule has 0 aliphatic carbocycles. The molecule has 1 aromatic heterocycles. The first-order chi connectivity index (χ1) is 12.1. The number of amides is 1. The van der Waals surface area contributed by atoms with Crippen LogP contribution in [0.2, 0.25) is 0 Å². The summed E-state index contributed by atoms with van der Waals surface area (Å²) < 4.78 is 10.9. The Balaban J connectivity index is 0.00000338. The molecule has 140 valence electrons. The summed E-state index contributed by atoms with van der Waals surface area (Å²) in [6.07, 6.45) is 1.70. The van der Waals surface area contributed by atoms with E-state index in [1.165, 1.54) is 0 Å². The van der Waals surface area contributed by atoms with Gasteiger partial charge in [-0.05, 0) is 18.2 Å². The molecule has 4 N–H and O–H groups in total. The van der Waals surface area contributed by atoms with Crippen LogP contribution in [0.4, 0.5) is 0 Å². The molecule has 0 atom stereocenters. The van der Waals surface area contributed by atoms with Crippen LogP contribution in [0.5, 0.6) is 5.75 Å². The molecule has 0 fully saturated rings. The third-order valence-electron chi connectivity index (χ3n) is 3.33. The second-order valence-electron chi connectivity index (χ2n) is 5.12. The highest BCUT2D eigenvalue weighted by Crippen LogP contribution is 2.17. The number of halogens is 1. The van der Waals surface area contributed by atoms with Gasteiger partial charge in [0.05, 0.1) is 6.54 Å². The number of hydrogen-bond acceptors (Lipinski definition) is 4. The molecule has 0 bridgehead atoms. The third kappa shape index (κ3) is 6.43. The fourth-order valence-electron chi connectivity index (χ4n) is 2.12. The summed E-state index contributed by atoms with van der Waals surface area (Å²) in [6.45, 7) is 5.02. The number of primary amides is 1. The van der Waals surface area contributed by atoms with Crippen molar-refractivity contribution < 1.29 is 13.9 Å². The number of benzene rings is 1. The van der Waals surface area contributed by atoms with Crippen LogP contribution in [0, 0.1) is 0 Å². The Bertz CT molecular complexity index is 758. The molecule has 7 nitrogen and oxygen atoms in total. The number of aliphatic imine (C=N–C) groups is 1. The minimum Gasteiger partial charge on any atom is -0.489 e. The first-order valence-corrected chi connectivity index (χ1v) is 7.78. The summed E-state index contributed by atoms with van der Waals surface area (Å²) in [6, 6.07) is 11.0. The van der Waals surface area contributed by atoms with Crippen LogP contribution in [-0.2, 0) is 13.1 Å². The molecule has 0 aliphatic heterocycles. The minimum absolute atomic E-state index is 0. The summed E-state index contributed by atoms with van der Waals surface area (Å²) in [5.74, 6) is 1.52. The number of nitrogens with two attached hydrogens (primary N) is 1. The van der Waals surface area contributed by atoms with Gasteiger partial charge in [-0.2, -0.15) is 0 Å². The lowest BCUT2D eigenvalue weighted by Gasteiger charge is -2.14. The van der Waals surface area contributed by atoms with Crippen molar-refractivity contribution in [2.75, 3.05) is 13.7 Å². The first-order valence-electron chi connectivity index (χ1n) is 7.78. The predicted octanol–water partition coefficient (Wildman–Crippen LogP) is 2.43. The average Bonchev–Trinajstić information content (AvgIpc) is 3.10. The van der Waals surface area contributed by atoms with Crippen molar-refractivity contribution in [2.45, 2.75) is 13.1 Å². The third-order valence-corrected chi connectivity index (χ3v) is 3.33. The van der Waals surface area contributed by atoms with E-state index in [9.17, 15) is 4.79 Å². The molecule has 0 radical (unpaired) electrons. The van der Waals surface area contributed by atoms with Gasteiger partial charge in [0.1, 0.15) is 18.1 Å². The average molecular weight is 470 g/mol. The van der Waals surface area contributed by atoms with E-state index in [1.807, 2.05) is 24.3 Å². The van der Waals surface area contributed by atoms with Crippen molar-refractivity contribution in [3.63, 3.8) is 0 Å². The lowest BCUT2D eigenvalue weighted by molar-refractivity contribution is 0.0972. The molecule has 1 aromatic carbocycles. The van der Waals surface area contributed by atoms with Crippen LogP contribution in [-0.4, -0.2) is 25.5 Å². The summed E-state index contributed by atoms with van der Waals surface area (Å²) in [4.78, 5) is 15.2. The van der Waals surface area contributed by atoms with Crippen molar-refractivity contribution in [3.8, 4) is 5.75 Å². The Morgan fingerprint density at radius 1 is 1.27 bits per heavy atom. The number of ether oxygens (including phenoxy) is 1. The standard InChI is InChI=1S/C18H22N4O3.HI/c1-3-10-24-15-7-5-4-6-13(15)11-21-18(20-2)22-12-14-8-9-16(25-14)17(19)23;/h3-9H,1,10-12H2,2H3,(H2,19,23)(H2,20,21,22);1H. The van der Waals surface area contributed by atoms with E-state index in [1.54, 1.807) is 25.3 Å². The van der Waals surface area contributed by atoms with Crippen LogP contribution in [0.1, 0.15) is 21.9 Å². The van der Waals surface area contributed by atoms with Gasteiger partial charge in [0.15, 0.2) is 11.7 Å². The molecular formula is C18H23IN4O3. The van der Waals surface area contributed by atoms with Crippen LogP contribution >= 0.6 is 24.0 Å². The largest absolute Gasteiger partial charge is 0.489 e. The summed E-state index contributed by atoms with van der Waals surface area (Å²) in [5, 5.41) is 6.31. The van der Waals surface area contributed by atoms with E-state index >= 15 is 0 Å². The van der Waals surface area contributed by atoms with E-state index in [0.717, 1.165) is 11.3 Å². The molecule has 2 rings (SSSR count). The highest BCUT2D eigenvalue weighted by Gasteiger charge is 2.08. The van der Waals surface area contributed by atoms with E-state index in [4.69, 9.17) is 14.9 Å². The molecule has 1 heterocycles. The van der Waals surface area contributed by atoms with Gasteiger partial charge in [0.2, 0.25) is 0 Å². The zero-order valence-corrected chi connectivity index (χ0v) is 16.9. The number of nitrogens with zero attached hydrogens (tertiary/aromatic N) is 1. The molecule has 26 heavy (non-hydrogen) atoms. The number of para-hydroxylation sites is 1. The van der Waals surface area contributed by atoms with Crippen molar-refractivity contribution in [2.24, 2.45) is 10.7 Å². The van der Waals surface area contributed by atoms with Gasteiger partial charge in [-0.3, -0.25) is 9.79 Å². The van der Waals surface area contributed by atoms with Crippen molar-refractivity contribution in [3.05, 3.63) is 66.1 Å². The SMILES string of the molecule is C=CCOc1ccccc1CNC(=NC)NCc1ccc(C(N)=O)o1.I. The normalized spacial score (nSPS) is 10.6. The Kier molecular flexibility index (Phi) is 9.27. The molecule has 0 spiro atoms. The number of carbonyl (C=O) groups excluding carboxylic acids is 1. The second-order valence-corrected chi connectivity index (χ2v) is 5.12. The van der Waals surface area contributed by atoms with Crippen molar-refractivity contribution in [1.82, 2.24) is 10.6 Å². The van der Waals surface area contributed by atoms with Gasteiger partial charge in [-0.1, -0.05) is 30.9 Å². The highest BCUT2D eigenvalue weighted by molar-refractivity contribution is 14.0. The van der Waals surface area contributed by atoms with E-state index < -0.39 is 5.91 Å². The van der Waals surface area contributed by atoms with Crippen molar-refractivity contribution in [1.29, 1.82) is 0 Å². The molecule has 0 aliphatic rings. The number of hydrogen-bond donors (Lipinski definition) is 3. The van der Waals surface area contributed by atoms with Gasteiger partial charge in [0, 0.05) is 19.2 Å². The van der Waals surface area contributed by atoms with E-state index in [2.05, 4.69) is 22.2 Å². The topological polar surface area (TPSA) is 102 Å². The maximum absolute atomic E-state index is 11.0. The number of carbonyl (C=O) groups is 1. The fraction of sp³-hybridized carbons (Fsp3) is 0.222. The van der Waals surface area contributed by atoms with Gasteiger partial charge < -0.3 is 25.5 Å². The molecular weight excluding hydrogens is 447 g/mol. The smallest absolute Gasteiger partial charge is 0.284 e. The maximum atomic E-state index is 11.0. The summed E-state index contributed by atoms with van der Waals surface area (Å²) in [5.41, 5.74) is 6.16. The fourth-order valence-corrected chi connectivity index (χ4v) is 2.12. The van der Waals surface area contributed by atoms with Gasteiger partial charge in [-0.25, -0.2) is 0 Å². The van der Waals surface area contributed by atoms with Crippen LogP contribution in [0.15, 0.2) is 58.5 Å². The lowest BCUT2D eigenvalue weighted by atomic mass is 10.2. The molecule has 0 saturated heterocycles. The summed E-state index contributed by atoms with van der Waals surface area (Å²) in [7, 11) is 1.67. The Hall–Kier alpha value is -2.49. The monoisotopic (exact) mass is 470 g/mol. The molecule has 1 amide bonds. The summed E-state index contributed by atoms with van der Waals surface area (Å²) >= 11 is 0. The van der Waals surface area contributed by atoms with Gasteiger partial charge >= 0.3 is 0 Å². The number of nitrogens with one attached hydrogen (secondary N) is 2. The molecule has 0 unspecified atom stereocenters. The van der Waals surface area contributed by atoms with Crippen LogP contribution in [0.25, 0.3) is 0 Å². The van der Waals surface area contributed by atoms with E-state index in [0.29, 0.717) is 31.4 Å². The lowest BCUT2D eigenvalue weighted by Crippen LogP contribution is -2.36. The molecule has 2 aromatic rings. The maximum Gasteiger partial charge on any atom is 0.284 e. The van der Waals surface area contributed by atoms with E-state index in [-0.39, 0.29) is 29.7 Å².